The van der Waals surface area contributed by atoms with E-state index in [4.69, 9.17) is 4.74 Å². The standard InChI is InChI=1S/C22H23N3O3S/c26-20(15-19-21(27)24-22(29-19)25-13-5-2-6-14-25)23-16-9-11-18(12-10-16)28-17-7-3-1-4-8-17/h1,3-4,7-12,19H,2,5-6,13-15H2,(H,23,26). The first-order valence-electron chi connectivity index (χ1n) is 9.84. The van der Waals surface area contributed by atoms with E-state index in [1.807, 2.05) is 30.3 Å². The van der Waals surface area contributed by atoms with Crippen LogP contribution in [0.2, 0.25) is 0 Å². The van der Waals surface area contributed by atoms with Crippen LogP contribution < -0.4 is 10.1 Å². The molecule has 0 saturated carbocycles. The molecule has 0 spiro atoms. The monoisotopic (exact) mass is 409 g/mol. The van der Waals surface area contributed by atoms with Crippen LogP contribution in [0.15, 0.2) is 59.6 Å². The molecule has 0 aromatic heterocycles. The molecule has 4 rings (SSSR count). The highest BCUT2D eigenvalue weighted by atomic mass is 32.2. The SMILES string of the molecule is O=C(CC1SC(N2CCCCC2)=NC1=O)Nc1ccc(Oc2ccccc2)cc1. The van der Waals surface area contributed by atoms with Gasteiger partial charge in [-0.05, 0) is 55.7 Å². The lowest BCUT2D eigenvalue weighted by Crippen LogP contribution is -2.33. The van der Waals surface area contributed by atoms with Gasteiger partial charge < -0.3 is 15.0 Å². The number of nitrogens with one attached hydrogen (secondary N) is 1. The molecule has 1 unspecified atom stereocenters. The van der Waals surface area contributed by atoms with Gasteiger partial charge in [0.15, 0.2) is 5.17 Å². The molecule has 7 heteroatoms. The van der Waals surface area contributed by atoms with Crippen LogP contribution in [-0.2, 0) is 9.59 Å². The summed E-state index contributed by atoms with van der Waals surface area (Å²) in [5.41, 5.74) is 0.669. The lowest BCUT2D eigenvalue weighted by atomic mass is 10.1. The molecule has 0 radical (unpaired) electrons. The van der Waals surface area contributed by atoms with Gasteiger partial charge in [0.1, 0.15) is 16.7 Å². The summed E-state index contributed by atoms with van der Waals surface area (Å²) >= 11 is 1.41. The molecule has 2 aromatic rings. The molecule has 1 saturated heterocycles. The second-order valence-electron chi connectivity index (χ2n) is 7.08. The van der Waals surface area contributed by atoms with E-state index >= 15 is 0 Å². The summed E-state index contributed by atoms with van der Waals surface area (Å²) in [6.45, 7) is 1.88. The maximum Gasteiger partial charge on any atom is 0.262 e. The molecule has 1 fully saturated rings. The molecular weight excluding hydrogens is 386 g/mol. The first kappa shape index (κ1) is 19.5. The lowest BCUT2D eigenvalue weighted by Gasteiger charge is -2.27. The molecule has 6 nitrogen and oxygen atoms in total. The maximum absolute atomic E-state index is 12.4. The summed E-state index contributed by atoms with van der Waals surface area (Å²) in [5, 5.41) is 3.19. The molecule has 2 heterocycles. The van der Waals surface area contributed by atoms with Crippen molar-refractivity contribution in [2.24, 2.45) is 4.99 Å². The Balaban J connectivity index is 1.28. The molecule has 0 bridgehead atoms. The molecule has 0 aliphatic carbocycles. The Morgan fingerprint density at radius 3 is 2.45 bits per heavy atom. The number of nitrogens with zero attached hydrogens (tertiary/aromatic N) is 2. The maximum atomic E-state index is 12.4. The molecule has 2 aliphatic rings. The fraction of sp³-hybridized carbons (Fsp3) is 0.318. The topological polar surface area (TPSA) is 71.0 Å². The van der Waals surface area contributed by atoms with E-state index in [0.29, 0.717) is 11.4 Å². The Morgan fingerprint density at radius 2 is 1.72 bits per heavy atom. The second kappa shape index (κ2) is 9.13. The third kappa shape index (κ3) is 5.17. The van der Waals surface area contributed by atoms with E-state index in [9.17, 15) is 9.59 Å². The molecule has 2 aromatic carbocycles. The summed E-state index contributed by atoms with van der Waals surface area (Å²) < 4.78 is 5.75. The number of carbonyl (C=O) groups is 2. The normalized spacial score (nSPS) is 19.0. The number of anilines is 1. The Kier molecular flexibility index (Phi) is 6.14. The number of carbonyl (C=O) groups excluding carboxylic acids is 2. The molecule has 29 heavy (non-hydrogen) atoms. The number of thioether (sulfide) groups is 1. The van der Waals surface area contributed by atoms with Crippen LogP contribution in [0.4, 0.5) is 5.69 Å². The zero-order valence-corrected chi connectivity index (χ0v) is 16.9. The highest BCUT2D eigenvalue weighted by molar-refractivity contribution is 8.15. The quantitative estimate of drug-likeness (QED) is 0.798. The van der Waals surface area contributed by atoms with Gasteiger partial charge in [-0.3, -0.25) is 9.59 Å². The van der Waals surface area contributed by atoms with Crippen molar-refractivity contribution in [2.45, 2.75) is 30.9 Å². The average Bonchev–Trinajstić information content (AvgIpc) is 3.11. The van der Waals surface area contributed by atoms with Crippen molar-refractivity contribution in [1.82, 2.24) is 4.90 Å². The summed E-state index contributed by atoms with van der Waals surface area (Å²) in [5.74, 6) is 1.04. The van der Waals surface area contributed by atoms with Crippen molar-refractivity contribution in [1.29, 1.82) is 0 Å². The lowest BCUT2D eigenvalue weighted by molar-refractivity contribution is -0.121. The van der Waals surface area contributed by atoms with Crippen molar-refractivity contribution in [3.05, 3.63) is 54.6 Å². The molecule has 150 valence electrons. The van der Waals surface area contributed by atoms with E-state index in [1.54, 1.807) is 24.3 Å². The number of amides is 2. The number of aliphatic imine (C=N–C) groups is 1. The largest absolute Gasteiger partial charge is 0.457 e. The Morgan fingerprint density at radius 1 is 1.03 bits per heavy atom. The summed E-state index contributed by atoms with van der Waals surface area (Å²) in [4.78, 5) is 30.9. The summed E-state index contributed by atoms with van der Waals surface area (Å²) in [6.07, 6.45) is 3.60. The van der Waals surface area contributed by atoms with Gasteiger partial charge in [-0.1, -0.05) is 30.0 Å². The molecular formula is C22H23N3O3S. The highest BCUT2D eigenvalue weighted by Crippen LogP contribution is 2.29. The number of para-hydroxylation sites is 1. The van der Waals surface area contributed by atoms with Crippen LogP contribution in [0.25, 0.3) is 0 Å². The van der Waals surface area contributed by atoms with Gasteiger partial charge in [0, 0.05) is 25.2 Å². The molecule has 2 aliphatic heterocycles. The van der Waals surface area contributed by atoms with E-state index in [0.717, 1.165) is 36.8 Å². The van der Waals surface area contributed by atoms with Gasteiger partial charge in [-0.15, -0.1) is 0 Å². The number of ether oxygens (including phenoxy) is 1. The molecule has 1 N–H and O–H groups in total. The minimum Gasteiger partial charge on any atom is -0.457 e. The van der Waals surface area contributed by atoms with Crippen LogP contribution in [0.1, 0.15) is 25.7 Å². The number of benzene rings is 2. The van der Waals surface area contributed by atoms with Crippen molar-refractivity contribution >= 4 is 34.4 Å². The summed E-state index contributed by atoms with van der Waals surface area (Å²) in [7, 11) is 0. The summed E-state index contributed by atoms with van der Waals surface area (Å²) in [6, 6.07) is 16.7. The number of rotatable bonds is 5. The van der Waals surface area contributed by atoms with Gasteiger partial charge in [0.25, 0.3) is 5.91 Å². The smallest absolute Gasteiger partial charge is 0.262 e. The van der Waals surface area contributed by atoms with Crippen LogP contribution in [0.3, 0.4) is 0 Å². The molecule has 1 atom stereocenters. The number of piperidine rings is 1. The molecule has 2 amide bonds. The second-order valence-corrected chi connectivity index (χ2v) is 8.25. The highest BCUT2D eigenvalue weighted by Gasteiger charge is 2.33. The Hall–Kier alpha value is -2.80. The van der Waals surface area contributed by atoms with Crippen LogP contribution in [0.5, 0.6) is 11.5 Å². The first-order chi connectivity index (χ1) is 14.2. The number of hydrogen-bond donors (Lipinski definition) is 1. The van der Waals surface area contributed by atoms with Crippen molar-refractivity contribution < 1.29 is 14.3 Å². The number of hydrogen-bond acceptors (Lipinski definition) is 5. The number of amidine groups is 1. The van der Waals surface area contributed by atoms with Crippen molar-refractivity contribution in [3.63, 3.8) is 0 Å². The van der Waals surface area contributed by atoms with Gasteiger partial charge >= 0.3 is 0 Å². The van der Waals surface area contributed by atoms with Crippen molar-refractivity contribution in [3.8, 4) is 11.5 Å². The first-order valence-corrected chi connectivity index (χ1v) is 10.7. The van der Waals surface area contributed by atoms with Crippen LogP contribution >= 0.6 is 11.8 Å². The fourth-order valence-corrected chi connectivity index (χ4v) is 4.46. The van der Waals surface area contributed by atoms with Crippen LogP contribution in [-0.4, -0.2) is 40.2 Å². The average molecular weight is 410 g/mol. The third-order valence-electron chi connectivity index (χ3n) is 4.84. The zero-order chi connectivity index (χ0) is 20.1. The van der Waals surface area contributed by atoms with E-state index in [-0.39, 0.29) is 18.2 Å². The van der Waals surface area contributed by atoms with Gasteiger partial charge in [0.05, 0.1) is 0 Å². The van der Waals surface area contributed by atoms with Crippen molar-refractivity contribution in [2.75, 3.05) is 18.4 Å². The van der Waals surface area contributed by atoms with Crippen LogP contribution in [0, 0.1) is 0 Å². The fourth-order valence-electron chi connectivity index (χ4n) is 3.34. The predicted molar refractivity (Wildman–Crippen MR) is 115 cm³/mol. The van der Waals surface area contributed by atoms with Gasteiger partial charge in [0.2, 0.25) is 5.91 Å². The van der Waals surface area contributed by atoms with Gasteiger partial charge in [-0.25, -0.2) is 0 Å². The van der Waals surface area contributed by atoms with E-state index in [1.165, 1.54) is 18.2 Å². The minimum atomic E-state index is -0.437. The third-order valence-corrected chi connectivity index (χ3v) is 6.06. The van der Waals surface area contributed by atoms with E-state index < -0.39 is 5.25 Å². The van der Waals surface area contributed by atoms with E-state index in [2.05, 4.69) is 15.2 Å². The minimum absolute atomic E-state index is 0.118. The zero-order valence-electron chi connectivity index (χ0n) is 16.0. The predicted octanol–water partition coefficient (Wildman–Crippen LogP) is 4.29. The number of likely N-dealkylation sites (tertiary alicyclic amines) is 1. The van der Waals surface area contributed by atoms with Gasteiger partial charge in [-0.2, -0.15) is 4.99 Å². The Labute approximate surface area is 174 Å². The Bertz CT molecular complexity index is 893.